The molecule has 0 radical (unpaired) electrons. The fourth-order valence-corrected chi connectivity index (χ4v) is 3.86. The van der Waals surface area contributed by atoms with Gasteiger partial charge in [-0.1, -0.05) is 30.3 Å². The summed E-state index contributed by atoms with van der Waals surface area (Å²) in [6, 6.07) is 12.5. The molecule has 2 aromatic rings. The van der Waals surface area contributed by atoms with E-state index in [1.165, 1.54) is 18.4 Å². The predicted octanol–water partition coefficient (Wildman–Crippen LogP) is 2.34. The average molecular weight is 365 g/mol. The van der Waals surface area contributed by atoms with Crippen molar-refractivity contribution < 1.29 is 5.11 Å². The zero-order valence-electron chi connectivity index (χ0n) is 15.5. The van der Waals surface area contributed by atoms with Crippen LogP contribution in [0.25, 0.3) is 0 Å². The van der Waals surface area contributed by atoms with Gasteiger partial charge in [0.1, 0.15) is 0 Å². The van der Waals surface area contributed by atoms with Crippen LogP contribution in [0.2, 0.25) is 0 Å². The standard InChI is InChI=1S/C21H27N5O/c27-21-18-6-9-23-19(20(18)24-15-25-21)13-22-12-16-7-10-26(11-8-16)14-17-4-2-1-3-5-17/h1-6,9,15-16,21-22,27H,7-8,10-14H2,(H,24,25). The van der Waals surface area contributed by atoms with E-state index in [4.69, 9.17) is 0 Å². The molecule has 0 saturated carbocycles. The zero-order chi connectivity index (χ0) is 18.5. The fraction of sp³-hybridized carbons (Fsp3) is 0.429. The van der Waals surface area contributed by atoms with Crippen LogP contribution in [0.1, 0.15) is 35.9 Å². The Morgan fingerprint density at radius 1 is 1.15 bits per heavy atom. The van der Waals surface area contributed by atoms with Crippen LogP contribution in [0.3, 0.4) is 0 Å². The summed E-state index contributed by atoms with van der Waals surface area (Å²) in [5.74, 6) is 0.701. The first-order valence-corrected chi connectivity index (χ1v) is 9.71. The molecule has 4 rings (SSSR count). The van der Waals surface area contributed by atoms with Crippen molar-refractivity contribution >= 4 is 12.0 Å². The molecule has 142 valence electrons. The number of pyridine rings is 1. The van der Waals surface area contributed by atoms with E-state index in [9.17, 15) is 5.11 Å². The summed E-state index contributed by atoms with van der Waals surface area (Å²) in [6.45, 7) is 5.03. The number of benzene rings is 1. The van der Waals surface area contributed by atoms with Crippen LogP contribution < -0.4 is 10.6 Å². The Morgan fingerprint density at radius 3 is 2.78 bits per heavy atom. The summed E-state index contributed by atoms with van der Waals surface area (Å²) >= 11 is 0. The highest BCUT2D eigenvalue weighted by molar-refractivity contribution is 5.68. The second-order valence-electron chi connectivity index (χ2n) is 7.36. The van der Waals surface area contributed by atoms with Crippen molar-refractivity contribution in [2.24, 2.45) is 10.9 Å². The minimum absolute atomic E-state index is 0.678. The summed E-state index contributed by atoms with van der Waals surface area (Å²) in [5, 5.41) is 16.3. The van der Waals surface area contributed by atoms with E-state index in [1.54, 1.807) is 12.5 Å². The first kappa shape index (κ1) is 18.1. The Labute approximate surface area is 160 Å². The Morgan fingerprint density at radius 2 is 1.96 bits per heavy atom. The number of fused-ring (bicyclic) bond motifs is 1. The Hall–Kier alpha value is -2.28. The second kappa shape index (κ2) is 8.61. The van der Waals surface area contributed by atoms with E-state index >= 15 is 0 Å². The second-order valence-corrected chi connectivity index (χ2v) is 7.36. The number of rotatable bonds is 6. The summed E-state index contributed by atoms with van der Waals surface area (Å²) in [5.41, 5.74) is 3.87. The largest absolute Gasteiger partial charge is 0.369 e. The molecule has 0 spiro atoms. The van der Waals surface area contributed by atoms with Gasteiger partial charge >= 0.3 is 0 Å². The number of aliphatic hydroxyl groups is 1. The summed E-state index contributed by atoms with van der Waals surface area (Å²) in [4.78, 5) is 11.3. The van der Waals surface area contributed by atoms with Gasteiger partial charge in [-0.3, -0.25) is 9.88 Å². The third kappa shape index (κ3) is 4.53. The zero-order valence-corrected chi connectivity index (χ0v) is 15.5. The van der Waals surface area contributed by atoms with Crippen LogP contribution in [0.15, 0.2) is 47.6 Å². The maximum absolute atomic E-state index is 9.99. The number of nitrogens with one attached hydrogen (secondary N) is 2. The highest BCUT2D eigenvalue weighted by atomic mass is 16.3. The van der Waals surface area contributed by atoms with E-state index in [-0.39, 0.29) is 0 Å². The van der Waals surface area contributed by atoms with E-state index in [0.717, 1.165) is 43.1 Å². The number of aromatic nitrogens is 1. The van der Waals surface area contributed by atoms with Crippen molar-refractivity contribution in [1.29, 1.82) is 0 Å². The molecule has 1 aromatic heterocycles. The lowest BCUT2D eigenvalue weighted by Gasteiger charge is -2.32. The lowest BCUT2D eigenvalue weighted by atomic mass is 9.96. The summed E-state index contributed by atoms with van der Waals surface area (Å²) in [6.07, 6.45) is 5.03. The van der Waals surface area contributed by atoms with Gasteiger partial charge in [0.15, 0.2) is 6.23 Å². The molecule has 1 unspecified atom stereocenters. The number of aliphatic imine (C=N–C) groups is 1. The molecule has 1 aromatic carbocycles. The van der Waals surface area contributed by atoms with Gasteiger partial charge in [-0.2, -0.15) is 0 Å². The van der Waals surface area contributed by atoms with Gasteiger partial charge in [0.05, 0.1) is 17.7 Å². The third-order valence-corrected chi connectivity index (χ3v) is 5.43. The highest BCUT2D eigenvalue weighted by Crippen LogP contribution is 2.29. The van der Waals surface area contributed by atoms with Gasteiger partial charge in [-0.05, 0) is 50.0 Å². The number of likely N-dealkylation sites (tertiary alicyclic amines) is 1. The predicted molar refractivity (Wildman–Crippen MR) is 107 cm³/mol. The quantitative estimate of drug-likeness (QED) is 0.733. The topological polar surface area (TPSA) is 72.8 Å². The Kier molecular flexibility index (Phi) is 5.77. The molecule has 6 heteroatoms. The number of hydrogen-bond donors (Lipinski definition) is 3. The summed E-state index contributed by atoms with van der Waals surface area (Å²) in [7, 11) is 0. The monoisotopic (exact) mass is 365 g/mol. The van der Waals surface area contributed by atoms with Crippen molar-refractivity contribution in [3.63, 3.8) is 0 Å². The fourth-order valence-electron chi connectivity index (χ4n) is 3.86. The minimum Gasteiger partial charge on any atom is -0.369 e. The summed E-state index contributed by atoms with van der Waals surface area (Å²) < 4.78 is 0. The van der Waals surface area contributed by atoms with Crippen molar-refractivity contribution in [1.82, 2.24) is 20.5 Å². The van der Waals surface area contributed by atoms with Crippen LogP contribution in [0.4, 0.5) is 5.69 Å². The van der Waals surface area contributed by atoms with Crippen LogP contribution in [-0.2, 0) is 13.1 Å². The molecule has 3 heterocycles. The molecular formula is C21H27N5O. The smallest absolute Gasteiger partial charge is 0.153 e. The van der Waals surface area contributed by atoms with Crippen molar-refractivity contribution in [2.75, 3.05) is 19.6 Å². The van der Waals surface area contributed by atoms with Crippen molar-refractivity contribution in [3.8, 4) is 0 Å². The van der Waals surface area contributed by atoms with Gasteiger partial charge in [-0.25, -0.2) is 4.99 Å². The first-order chi connectivity index (χ1) is 13.3. The molecule has 27 heavy (non-hydrogen) atoms. The van der Waals surface area contributed by atoms with E-state index < -0.39 is 6.23 Å². The van der Waals surface area contributed by atoms with Gasteiger partial charge in [0.2, 0.25) is 0 Å². The Balaban J connectivity index is 1.23. The first-order valence-electron chi connectivity index (χ1n) is 9.71. The van der Waals surface area contributed by atoms with E-state index in [1.807, 2.05) is 6.07 Å². The molecule has 1 saturated heterocycles. The molecule has 0 amide bonds. The van der Waals surface area contributed by atoms with Crippen molar-refractivity contribution in [2.45, 2.75) is 32.2 Å². The van der Waals surface area contributed by atoms with Crippen LogP contribution in [0.5, 0.6) is 0 Å². The SMILES string of the molecule is OC1NC=Nc2c1ccnc2CNCC1CCN(Cc2ccccc2)CC1. The van der Waals surface area contributed by atoms with Crippen LogP contribution in [0, 0.1) is 5.92 Å². The number of hydrogen-bond acceptors (Lipinski definition) is 6. The molecule has 0 bridgehead atoms. The van der Waals surface area contributed by atoms with Gasteiger partial charge in [0.25, 0.3) is 0 Å². The molecule has 6 nitrogen and oxygen atoms in total. The highest BCUT2D eigenvalue weighted by Gasteiger charge is 2.20. The lowest BCUT2D eigenvalue weighted by molar-refractivity contribution is 0.163. The van der Waals surface area contributed by atoms with Gasteiger partial charge in [0, 0.05) is 24.8 Å². The van der Waals surface area contributed by atoms with Crippen LogP contribution in [-0.4, -0.2) is 41.0 Å². The molecule has 2 aliphatic heterocycles. The maximum atomic E-state index is 9.99. The maximum Gasteiger partial charge on any atom is 0.153 e. The molecule has 0 aliphatic carbocycles. The van der Waals surface area contributed by atoms with E-state index in [2.05, 4.69) is 55.8 Å². The minimum atomic E-state index is -0.701. The average Bonchev–Trinajstić information content (AvgIpc) is 2.71. The molecule has 1 fully saturated rings. The van der Waals surface area contributed by atoms with Gasteiger partial charge < -0.3 is 15.7 Å². The molecule has 3 N–H and O–H groups in total. The normalized spacial score (nSPS) is 20.3. The number of nitrogens with zero attached hydrogens (tertiary/aromatic N) is 3. The lowest BCUT2D eigenvalue weighted by Crippen LogP contribution is -2.36. The number of piperidine rings is 1. The van der Waals surface area contributed by atoms with Gasteiger partial charge in [-0.15, -0.1) is 0 Å². The van der Waals surface area contributed by atoms with E-state index in [0.29, 0.717) is 12.5 Å². The van der Waals surface area contributed by atoms with Crippen molar-refractivity contribution in [3.05, 3.63) is 59.4 Å². The number of aliphatic hydroxyl groups excluding tert-OH is 1. The Bertz CT molecular complexity index is 771. The molecule has 2 aliphatic rings. The molecule has 1 atom stereocenters. The van der Waals surface area contributed by atoms with Crippen LogP contribution >= 0.6 is 0 Å². The molecular weight excluding hydrogens is 338 g/mol. The third-order valence-electron chi connectivity index (χ3n) is 5.43.